The first kappa shape index (κ1) is 10.5. The fourth-order valence-corrected chi connectivity index (χ4v) is 1.26. The van der Waals surface area contributed by atoms with Gasteiger partial charge in [-0.3, -0.25) is 5.32 Å². The van der Waals surface area contributed by atoms with E-state index in [1.54, 1.807) is 6.92 Å². The number of hydrogen-bond donors (Lipinski definition) is 3. The zero-order chi connectivity index (χ0) is 9.73. The molecule has 0 spiro atoms. The first-order valence-electron chi connectivity index (χ1n) is 4.83. The van der Waals surface area contributed by atoms with Crippen molar-refractivity contribution in [1.82, 2.24) is 10.6 Å². The highest BCUT2D eigenvalue weighted by atomic mass is 16.3. The summed E-state index contributed by atoms with van der Waals surface area (Å²) >= 11 is 0. The van der Waals surface area contributed by atoms with Crippen LogP contribution >= 0.6 is 0 Å². The van der Waals surface area contributed by atoms with E-state index in [4.69, 9.17) is 0 Å². The van der Waals surface area contributed by atoms with Crippen LogP contribution in [-0.2, 0) is 0 Å². The predicted molar refractivity (Wildman–Crippen MR) is 53.4 cm³/mol. The van der Waals surface area contributed by atoms with Gasteiger partial charge in [0.05, 0.1) is 6.04 Å². The topological polar surface area (TPSA) is 44.3 Å². The Bertz CT molecular complexity index is 215. The van der Waals surface area contributed by atoms with Gasteiger partial charge in [-0.15, -0.1) is 0 Å². The standard InChI is InChI=1S/C10H18N2O/c1-3-11-7-5-9-4-6-10(2,13)8-12-9/h9,11-13H,3,5,7-8H2,1-2H3. The Morgan fingerprint density at radius 1 is 1.69 bits per heavy atom. The molecule has 0 saturated heterocycles. The molecule has 0 amide bonds. The van der Waals surface area contributed by atoms with Gasteiger partial charge in [0.1, 0.15) is 5.60 Å². The SMILES string of the molecule is CCNCCC1C#CC(C)(O)CN1. The van der Waals surface area contributed by atoms with Gasteiger partial charge in [0.25, 0.3) is 0 Å². The van der Waals surface area contributed by atoms with Gasteiger partial charge >= 0.3 is 0 Å². The Kier molecular flexibility index (Phi) is 3.73. The highest BCUT2D eigenvalue weighted by Gasteiger charge is 2.21. The molecule has 0 aromatic rings. The van der Waals surface area contributed by atoms with Crippen molar-refractivity contribution in [2.24, 2.45) is 0 Å². The highest BCUT2D eigenvalue weighted by molar-refractivity contribution is 5.21. The Morgan fingerprint density at radius 2 is 2.46 bits per heavy atom. The summed E-state index contributed by atoms with van der Waals surface area (Å²) in [5.41, 5.74) is -0.839. The minimum absolute atomic E-state index is 0.235. The number of nitrogens with one attached hydrogen (secondary N) is 2. The minimum Gasteiger partial charge on any atom is -0.377 e. The van der Waals surface area contributed by atoms with Crippen LogP contribution < -0.4 is 10.6 Å². The van der Waals surface area contributed by atoms with Crippen LogP contribution in [0.3, 0.4) is 0 Å². The van der Waals surface area contributed by atoms with Gasteiger partial charge in [-0.2, -0.15) is 0 Å². The van der Waals surface area contributed by atoms with Gasteiger partial charge < -0.3 is 10.4 Å². The van der Waals surface area contributed by atoms with Crippen LogP contribution in [0.2, 0.25) is 0 Å². The van der Waals surface area contributed by atoms with E-state index in [2.05, 4.69) is 29.4 Å². The summed E-state index contributed by atoms with van der Waals surface area (Å²) in [6.07, 6.45) is 0.997. The lowest BCUT2D eigenvalue weighted by Gasteiger charge is -2.25. The molecule has 0 aromatic carbocycles. The van der Waals surface area contributed by atoms with Gasteiger partial charge in [-0.05, 0) is 26.4 Å². The summed E-state index contributed by atoms with van der Waals surface area (Å²) < 4.78 is 0. The van der Waals surface area contributed by atoms with E-state index in [-0.39, 0.29) is 6.04 Å². The summed E-state index contributed by atoms with van der Waals surface area (Å²) in [6.45, 7) is 6.36. The van der Waals surface area contributed by atoms with E-state index >= 15 is 0 Å². The lowest BCUT2D eigenvalue weighted by molar-refractivity contribution is 0.114. The summed E-state index contributed by atoms with van der Waals surface area (Å²) in [5, 5.41) is 16.0. The van der Waals surface area contributed by atoms with Crippen molar-refractivity contribution in [3.8, 4) is 11.8 Å². The molecule has 13 heavy (non-hydrogen) atoms. The molecule has 0 aliphatic carbocycles. The zero-order valence-electron chi connectivity index (χ0n) is 8.35. The average Bonchev–Trinajstić information content (AvgIpc) is 2.08. The number of hydrogen-bond acceptors (Lipinski definition) is 3. The van der Waals surface area contributed by atoms with Crippen molar-refractivity contribution in [3.63, 3.8) is 0 Å². The fourth-order valence-electron chi connectivity index (χ4n) is 1.26. The molecule has 0 aromatic heterocycles. The normalized spacial score (nSPS) is 32.4. The maximum atomic E-state index is 9.51. The van der Waals surface area contributed by atoms with Crippen LogP contribution in [0.1, 0.15) is 20.3 Å². The van der Waals surface area contributed by atoms with Gasteiger partial charge in [-0.25, -0.2) is 0 Å². The third kappa shape index (κ3) is 3.77. The number of aliphatic hydroxyl groups is 1. The van der Waals surface area contributed by atoms with E-state index in [1.165, 1.54) is 0 Å². The molecule has 3 nitrogen and oxygen atoms in total. The maximum absolute atomic E-state index is 9.51. The molecular formula is C10H18N2O. The quantitative estimate of drug-likeness (QED) is 0.413. The molecule has 1 aliphatic rings. The molecule has 2 atom stereocenters. The maximum Gasteiger partial charge on any atom is 0.135 e. The van der Waals surface area contributed by atoms with Crippen LogP contribution in [0.5, 0.6) is 0 Å². The molecular weight excluding hydrogens is 164 g/mol. The van der Waals surface area contributed by atoms with Gasteiger partial charge in [0.2, 0.25) is 0 Å². The molecule has 1 aliphatic heterocycles. The van der Waals surface area contributed by atoms with Crippen molar-refractivity contribution in [2.75, 3.05) is 19.6 Å². The van der Waals surface area contributed by atoms with Gasteiger partial charge in [-0.1, -0.05) is 18.8 Å². The molecule has 0 fully saturated rings. The Hall–Kier alpha value is -0.560. The number of rotatable bonds is 4. The Balaban J connectivity index is 2.28. The fraction of sp³-hybridized carbons (Fsp3) is 0.800. The summed E-state index contributed by atoms with van der Waals surface area (Å²) in [5.74, 6) is 5.87. The second-order valence-electron chi connectivity index (χ2n) is 3.62. The second-order valence-corrected chi connectivity index (χ2v) is 3.62. The van der Waals surface area contributed by atoms with Gasteiger partial charge in [0.15, 0.2) is 0 Å². The monoisotopic (exact) mass is 182 g/mol. The third-order valence-corrected chi connectivity index (χ3v) is 2.07. The van der Waals surface area contributed by atoms with Crippen molar-refractivity contribution >= 4 is 0 Å². The highest BCUT2D eigenvalue weighted by Crippen LogP contribution is 2.05. The summed E-state index contributed by atoms with van der Waals surface area (Å²) in [4.78, 5) is 0. The van der Waals surface area contributed by atoms with Crippen LogP contribution in [-0.4, -0.2) is 36.4 Å². The molecule has 74 valence electrons. The van der Waals surface area contributed by atoms with Gasteiger partial charge in [0, 0.05) is 6.54 Å². The molecule has 0 saturated carbocycles. The van der Waals surface area contributed by atoms with E-state index in [1.807, 2.05) is 0 Å². The van der Waals surface area contributed by atoms with Crippen LogP contribution in [0.25, 0.3) is 0 Å². The molecule has 3 N–H and O–H groups in total. The molecule has 0 bridgehead atoms. The van der Waals surface area contributed by atoms with Crippen LogP contribution in [0, 0.1) is 11.8 Å². The van der Waals surface area contributed by atoms with Crippen molar-refractivity contribution in [2.45, 2.75) is 31.9 Å². The first-order chi connectivity index (χ1) is 6.14. The second kappa shape index (κ2) is 4.61. The molecule has 2 unspecified atom stereocenters. The molecule has 1 heterocycles. The smallest absolute Gasteiger partial charge is 0.135 e. The number of β-amino-alcohol motifs (C(OH)–C–C–N with tert-alkyl or cyclic N) is 1. The Labute approximate surface area is 79.9 Å². The summed E-state index contributed by atoms with van der Waals surface area (Å²) in [7, 11) is 0. The third-order valence-electron chi connectivity index (χ3n) is 2.07. The Morgan fingerprint density at radius 3 is 3.00 bits per heavy atom. The first-order valence-corrected chi connectivity index (χ1v) is 4.83. The van der Waals surface area contributed by atoms with Crippen molar-refractivity contribution in [1.29, 1.82) is 0 Å². The lowest BCUT2D eigenvalue weighted by Crippen LogP contribution is -2.45. The van der Waals surface area contributed by atoms with Crippen LogP contribution in [0.15, 0.2) is 0 Å². The predicted octanol–water partition coefficient (Wildman–Crippen LogP) is -0.288. The zero-order valence-corrected chi connectivity index (χ0v) is 8.35. The largest absolute Gasteiger partial charge is 0.377 e. The van der Waals surface area contributed by atoms with E-state index in [9.17, 15) is 5.11 Å². The van der Waals surface area contributed by atoms with E-state index in [0.29, 0.717) is 6.54 Å². The molecule has 0 radical (unpaired) electrons. The average molecular weight is 182 g/mol. The van der Waals surface area contributed by atoms with Crippen molar-refractivity contribution in [3.05, 3.63) is 0 Å². The summed E-state index contributed by atoms with van der Waals surface area (Å²) in [6, 6.07) is 0.235. The molecule has 3 heteroatoms. The van der Waals surface area contributed by atoms with E-state index in [0.717, 1.165) is 19.5 Å². The minimum atomic E-state index is -0.839. The van der Waals surface area contributed by atoms with E-state index < -0.39 is 5.60 Å². The van der Waals surface area contributed by atoms with Crippen molar-refractivity contribution < 1.29 is 5.11 Å². The van der Waals surface area contributed by atoms with Crippen LogP contribution in [0.4, 0.5) is 0 Å². The molecule has 1 rings (SSSR count). The lowest BCUT2D eigenvalue weighted by atomic mass is 10.0.